The Morgan fingerprint density at radius 2 is 1.74 bits per heavy atom. The normalized spacial score (nSPS) is 21.0. The lowest BCUT2D eigenvalue weighted by Crippen LogP contribution is -2.46. The van der Waals surface area contributed by atoms with Crippen molar-refractivity contribution in [2.24, 2.45) is 0 Å². The van der Waals surface area contributed by atoms with Gasteiger partial charge in [-0.15, -0.1) is 23.5 Å². The fourth-order valence-corrected chi connectivity index (χ4v) is 6.03. The molecule has 1 N–H and O–H groups in total. The van der Waals surface area contributed by atoms with Gasteiger partial charge >= 0.3 is 0 Å². The average molecular weight is 351 g/mol. The van der Waals surface area contributed by atoms with E-state index in [2.05, 4.69) is 36.2 Å². The zero-order valence-corrected chi connectivity index (χ0v) is 15.6. The Morgan fingerprint density at radius 3 is 2.30 bits per heavy atom. The Kier molecular flexibility index (Phi) is 5.94. The van der Waals surface area contributed by atoms with Gasteiger partial charge in [0.25, 0.3) is 5.91 Å². The molecule has 2 saturated heterocycles. The molecule has 3 nitrogen and oxygen atoms in total. The van der Waals surface area contributed by atoms with Crippen molar-refractivity contribution in [1.82, 2.24) is 10.2 Å². The lowest BCUT2D eigenvalue weighted by molar-refractivity contribution is 0.0900. The van der Waals surface area contributed by atoms with Crippen LogP contribution in [0.2, 0.25) is 0 Å². The van der Waals surface area contributed by atoms with E-state index in [4.69, 9.17) is 0 Å². The monoisotopic (exact) mass is 350 g/mol. The summed E-state index contributed by atoms with van der Waals surface area (Å²) in [5, 5.41) is 3.21. The van der Waals surface area contributed by atoms with Crippen LogP contribution >= 0.6 is 23.5 Å². The number of hydrogen-bond donors (Lipinski definition) is 1. The van der Waals surface area contributed by atoms with E-state index in [1.54, 1.807) is 0 Å². The molecule has 0 aliphatic carbocycles. The number of likely N-dealkylation sites (tertiary alicyclic amines) is 1. The van der Waals surface area contributed by atoms with Gasteiger partial charge in [-0.3, -0.25) is 4.79 Å². The molecule has 1 amide bonds. The van der Waals surface area contributed by atoms with Crippen LogP contribution in [0.3, 0.4) is 0 Å². The van der Waals surface area contributed by atoms with Gasteiger partial charge in [-0.1, -0.05) is 12.1 Å². The molecule has 2 fully saturated rings. The van der Waals surface area contributed by atoms with E-state index in [9.17, 15) is 4.79 Å². The van der Waals surface area contributed by atoms with Crippen LogP contribution in [-0.2, 0) is 0 Å². The van der Waals surface area contributed by atoms with Crippen LogP contribution < -0.4 is 5.32 Å². The second kappa shape index (κ2) is 7.95. The molecule has 0 spiro atoms. The number of rotatable bonds is 4. The summed E-state index contributed by atoms with van der Waals surface area (Å²) in [4.78, 5) is 14.9. The van der Waals surface area contributed by atoms with Gasteiger partial charge in [-0.2, -0.15) is 0 Å². The fraction of sp³-hybridized carbons (Fsp3) is 0.611. The SMILES string of the molecule is CC(C)N1CCC(NC(=O)c2ccc(C3SCCS3)cc2)CC1. The van der Waals surface area contributed by atoms with Gasteiger partial charge in [-0.05, 0) is 44.4 Å². The van der Waals surface area contributed by atoms with Crippen molar-refractivity contribution >= 4 is 29.4 Å². The van der Waals surface area contributed by atoms with Crippen molar-refractivity contribution in [3.05, 3.63) is 35.4 Å². The Morgan fingerprint density at radius 1 is 1.13 bits per heavy atom. The Labute approximate surface area is 148 Å². The van der Waals surface area contributed by atoms with Gasteiger partial charge in [0.1, 0.15) is 0 Å². The smallest absolute Gasteiger partial charge is 0.251 e. The maximum Gasteiger partial charge on any atom is 0.251 e. The van der Waals surface area contributed by atoms with E-state index in [-0.39, 0.29) is 5.91 Å². The summed E-state index contributed by atoms with van der Waals surface area (Å²) in [6.07, 6.45) is 2.11. The number of hydrogen-bond acceptors (Lipinski definition) is 4. The van der Waals surface area contributed by atoms with Crippen molar-refractivity contribution in [2.75, 3.05) is 24.6 Å². The minimum absolute atomic E-state index is 0.0753. The Balaban J connectivity index is 1.52. The van der Waals surface area contributed by atoms with Crippen LogP contribution in [0.25, 0.3) is 0 Å². The lowest BCUT2D eigenvalue weighted by Gasteiger charge is -2.34. The highest BCUT2D eigenvalue weighted by atomic mass is 32.2. The van der Waals surface area contributed by atoms with Crippen molar-refractivity contribution in [3.63, 3.8) is 0 Å². The minimum Gasteiger partial charge on any atom is -0.349 e. The molecule has 2 aliphatic rings. The molecule has 23 heavy (non-hydrogen) atoms. The number of carbonyl (C=O) groups excluding carboxylic acids is 1. The molecule has 3 rings (SSSR count). The molecule has 1 aromatic carbocycles. The Hall–Kier alpha value is -0.650. The third-order valence-electron chi connectivity index (χ3n) is 4.66. The highest BCUT2D eigenvalue weighted by Crippen LogP contribution is 2.45. The van der Waals surface area contributed by atoms with Gasteiger partial charge in [-0.25, -0.2) is 0 Å². The summed E-state index contributed by atoms with van der Waals surface area (Å²) in [5.74, 6) is 2.53. The van der Waals surface area contributed by atoms with Gasteiger partial charge in [0.05, 0.1) is 4.58 Å². The predicted octanol–water partition coefficient (Wildman–Crippen LogP) is 3.77. The van der Waals surface area contributed by atoms with E-state index in [1.807, 2.05) is 35.7 Å². The van der Waals surface area contributed by atoms with Crippen LogP contribution in [-0.4, -0.2) is 47.5 Å². The van der Waals surface area contributed by atoms with Gasteiger partial charge in [0.2, 0.25) is 0 Å². The maximum atomic E-state index is 12.4. The molecule has 0 bridgehead atoms. The van der Waals surface area contributed by atoms with E-state index in [1.165, 1.54) is 17.1 Å². The van der Waals surface area contributed by atoms with Crippen LogP contribution in [0.15, 0.2) is 24.3 Å². The summed E-state index contributed by atoms with van der Waals surface area (Å²) in [6.45, 7) is 6.64. The predicted molar refractivity (Wildman–Crippen MR) is 101 cm³/mol. The van der Waals surface area contributed by atoms with Gasteiger partial charge < -0.3 is 10.2 Å². The summed E-state index contributed by atoms with van der Waals surface area (Å²) < 4.78 is 0.549. The number of piperidine rings is 1. The first-order valence-electron chi connectivity index (χ1n) is 8.51. The highest BCUT2D eigenvalue weighted by Gasteiger charge is 2.23. The first kappa shape index (κ1) is 17.2. The molecule has 0 saturated carbocycles. The van der Waals surface area contributed by atoms with Crippen molar-refractivity contribution in [2.45, 2.75) is 43.4 Å². The summed E-state index contributed by atoms with van der Waals surface area (Å²) in [5.41, 5.74) is 2.12. The molecule has 0 aromatic heterocycles. The molecule has 2 heterocycles. The van der Waals surface area contributed by atoms with Crippen LogP contribution in [0, 0.1) is 0 Å². The fourth-order valence-electron chi connectivity index (χ4n) is 3.17. The molecular weight excluding hydrogens is 324 g/mol. The molecule has 0 radical (unpaired) electrons. The molecule has 5 heteroatoms. The second-order valence-corrected chi connectivity index (χ2v) is 9.30. The van der Waals surface area contributed by atoms with Crippen molar-refractivity contribution in [3.8, 4) is 0 Å². The molecule has 1 aromatic rings. The standard InChI is InChI=1S/C18H26N2OS2/c1-13(2)20-9-7-16(8-10-20)19-17(21)14-3-5-15(6-4-14)18-22-11-12-23-18/h3-6,13,16,18H,7-12H2,1-2H3,(H,19,21). The number of carbonyl (C=O) groups is 1. The third kappa shape index (κ3) is 4.46. The molecular formula is C18H26N2OS2. The molecule has 2 aliphatic heterocycles. The van der Waals surface area contributed by atoms with Crippen molar-refractivity contribution < 1.29 is 4.79 Å². The number of thioether (sulfide) groups is 2. The largest absolute Gasteiger partial charge is 0.349 e. The van der Waals surface area contributed by atoms with E-state index < -0.39 is 0 Å². The van der Waals surface area contributed by atoms with Crippen molar-refractivity contribution in [1.29, 1.82) is 0 Å². The first-order chi connectivity index (χ1) is 11.1. The minimum atomic E-state index is 0.0753. The summed E-state index contributed by atoms with van der Waals surface area (Å²) in [7, 11) is 0. The number of benzene rings is 1. The third-order valence-corrected chi connectivity index (χ3v) is 7.77. The highest BCUT2D eigenvalue weighted by molar-refractivity contribution is 8.19. The van der Waals surface area contributed by atoms with E-state index in [0.29, 0.717) is 16.7 Å². The zero-order valence-electron chi connectivity index (χ0n) is 14.0. The first-order valence-corrected chi connectivity index (χ1v) is 10.6. The number of amides is 1. The Bertz CT molecular complexity index is 518. The quantitative estimate of drug-likeness (QED) is 0.896. The summed E-state index contributed by atoms with van der Waals surface area (Å²) >= 11 is 4.00. The van der Waals surface area contributed by atoms with E-state index in [0.717, 1.165) is 31.5 Å². The lowest BCUT2D eigenvalue weighted by atomic mass is 10.0. The molecule has 0 unspecified atom stereocenters. The number of nitrogens with zero attached hydrogens (tertiary/aromatic N) is 1. The zero-order chi connectivity index (χ0) is 16.2. The number of nitrogens with one attached hydrogen (secondary N) is 1. The average Bonchev–Trinajstić information content (AvgIpc) is 3.10. The maximum absolute atomic E-state index is 12.4. The molecule has 0 atom stereocenters. The molecule has 126 valence electrons. The van der Waals surface area contributed by atoms with Gasteiger partial charge in [0, 0.05) is 42.2 Å². The van der Waals surface area contributed by atoms with Gasteiger partial charge in [0.15, 0.2) is 0 Å². The van der Waals surface area contributed by atoms with Crippen LogP contribution in [0.1, 0.15) is 47.2 Å². The van der Waals surface area contributed by atoms with Crippen LogP contribution in [0.5, 0.6) is 0 Å². The summed E-state index contributed by atoms with van der Waals surface area (Å²) in [6, 6.07) is 9.11. The van der Waals surface area contributed by atoms with E-state index >= 15 is 0 Å². The second-order valence-electron chi connectivity index (χ2n) is 6.57. The van der Waals surface area contributed by atoms with Crippen LogP contribution in [0.4, 0.5) is 0 Å². The topological polar surface area (TPSA) is 32.3 Å².